The Kier molecular flexibility index (Phi) is 6.49. The molecule has 4 aliphatic rings. The fourth-order valence-electron chi connectivity index (χ4n) is 8.97. The number of aliphatic carboxylic acids is 1. The minimum absolute atomic E-state index is 0.0529. The van der Waals surface area contributed by atoms with E-state index >= 15 is 0 Å². The van der Waals surface area contributed by atoms with Crippen LogP contribution < -0.4 is 0 Å². The highest BCUT2D eigenvalue weighted by Gasteiger charge is 2.63. The van der Waals surface area contributed by atoms with E-state index in [4.69, 9.17) is 13.8 Å². The zero-order valence-electron chi connectivity index (χ0n) is 19.6. The molecular weight excluding hydrogens is 432 g/mol. The number of carbonyl (C=O) groups is 1. The lowest BCUT2D eigenvalue weighted by Gasteiger charge is -2.62. The second-order valence-corrected chi connectivity index (χ2v) is 12.9. The normalized spacial score (nSPS) is 47.2. The van der Waals surface area contributed by atoms with Crippen LogP contribution in [0.15, 0.2) is 0 Å². The van der Waals surface area contributed by atoms with Gasteiger partial charge in [0.15, 0.2) is 0 Å². The zero-order chi connectivity index (χ0) is 23.5. The molecule has 0 amide bonds. The number of hydrogen-bond donors (Lipinski definition) is 3. The molecule has 0 aliphatic heterocycles. The molecule has 0 aromatic rings. The van der Waals surface area contributed by atoms with Crippen LogP contribution in [0.2, 0.25) is 0 Å². The largest absolute Gasteiger partial charge is 0.481 e. The van der Waals surface area contributed by atoms with Crippen molar-refractivity contribution in [3.63, 3.8) is 0 Å². The Morgan fingerprint density at radius 3 is 2.38 bits per heavy atom. The third kappa shape index (κ3) is 4.25. The molecular formula is C24H40O7S. The number of fused-ring (bicyclic) bond motifs is 5. The standard InChI is InChI=1S/C24H40O7S/c1-14(4-7-21(26)27)17-5-6-18-22-19(9-11-24(17,18)3)23(2)10-8-16(31-32(28,29)30)12-15(23)13-20(22)25/h14-20,22,25H,4-13H2,1-3H3,(H,26,27)(H,28,29,30)/t14-,15+,16-,17-,18+,19+,20-,22?,23+,24-/m1/s1. The van der Waals surface area contributed by atoms with Crippen molar-refractivity contribution in [2.75, 3.05) is 0 Å². The van der Waals surface area contributed by atoms with Crippen LogP contribution in [-0.4, -0.2) is 41.4 Å². The summed E-state index contributed by atoms with van der Waals surface area (Å²) in [5.74, 6) is 1.46. The molecule has 3 N–H and O–H groups in total. The van der Waals surface area contributed by atoms with Gasteiger partial charge in [0.25, 0.3) is 0 Å². The zero-order valence-corrected chi connectivity index (χ0v) is 20.4. The first-order valence-corrected chi connectivity index (χ1v) is 13.8. The van der Waals surface area contributed by atoms with Crippen molar-refractivity contribution >= 4 is 16.4 Å². The highest BCUT2D eigenvalue weighted by atomic mass is 32.3. The van der Waals surface area contributed by atoms with Crippen LogP contribution in [0.4, 0.5) is 0 Å². The van der Waals surface area contributed by atoms with Gasteiger partial charge in [0.05, 0.1) is 12.2 Å². The van der Waals surface area contributed by atoms with Crippen LogP contribution in [0.25, 0.3) is 0 Å². The van der Waals surface area contributed by atoms with Crippen molar-refractivity contribution in [1.82, 2.24) is 0 Å². The topological polar surface area (TPSA) is 121 Å². The number of carboxylic acids is 1. The SMILES string of the molecule is C[C@H](CCC(=O)O)[C@H]1CC[C@H]2C3[C@H](O)C[C@@H]4C[C@H](OS(=O)(=O)O)CC[C@]4(C)[C@H]3CC[C@]12C. The highest BCUT2D eigenvalue weighted by molar-refractivity contribution is 7.80. The molecule has 0 spiro atoms. The van der Waals surface area contributed by atoms with Crippen LogP contribution in [0.3, 0.4) is 0 Å². The van der Waals surface area contributed by atoms with E-state index in [1.54, 1.807) is 0 Å². The summed E-state index contributed by atoms with van der Waals surface area (Å²) >= 11 is 0. The first-order valence-electron chi connectivity index (χ1n) is 12.4. The number of aliphatic hydroxyl groups excluding tert-OH is 1. The first kappa shape index (κ1) is 24.4. The average Bonchev–Trinajstić information content (AvgIpc) is 3.03. The molecule has 0 bridgehead atoms. The summed E-state index contributed by atoms with van der Waals surface area (Å²) in [6, 6.07) is 0. The van der Waals surface area contributed by atoms with Crippen LogP contribution in [0.5, 0.6) is 0 Å². The summed E-state index contributed by atoms with van der Waals surface area (Å²) in [5.41, 5.74) is 0.200. The van der Waals surface area contributed by atoms with Crippen molar-refractivity contribution in [2.24, 2.45) is 46.3 Å². The molecule has 1 unspecified atom stereocenters. The van der Waals surface area contributed by atoms with E-state index in [2.05, 4.69) is 20.8 Å². The summed E-state index contributed by atoms with van der Waals surface area (Å²) in [6.45, 7) is 6.93. The van der Waals surface area contributed by atoms with Gasteiger partial charge in [-0.05, 0) is 104 Å². The lowest BCUT2D eigenvalue weighted by atomic mass is 9.43. The minimum atomic E-state index is -4.46. The van der Waals surface area contributed by atoms with Gasteiger partial charge in [-0.1, -0.05) is 20.8 Å². The molecule has 184 valence electrons. The predicted octanol–water partition coefficient (Wildman–Crippen LogP) is 4.31. The van der Waals surface area contributed by atoms with E-state index in [0.29, 0.717) is 49.4 Å². The third-order valence-corrected chi connectivity index (χ3v) is 11.0. The Hall–Kier alpha value is -0.700. The molecule has 4 rings (SSSR count). The molecule has 32 heavy (non-hydrogen) atoms. The van der Waals surface area contributed by atoms with Gasteiger partial charge in [-0.3, -0.25) is 9.35 Å². The Bertz CT molecular complexity index is 828. The number of hydrogen-bond acceptors (Lipinski definition) is 5. The lowest BCUT2D eigenvalue weighted by molar-refractivity contribution is -0.172. The van der Waals surface area contributed by atoms with Gasteiger partial charge in [0.2, 0.25) is 0 Å². The maximum atomic E-state index is 11.4. The predicted molar refractivity (Wildman–Crippen MR) is 119 cm³/mol. The van der Waals surface area contributed by atoms with Crippen LogP contribution >= 0.6 is 0 Å². The molecule has 4 saturated carbocycles. The first-order chi connectivity index (χ1) is 14.8. The molecule has 4 aliphatic carbocycles. The summed E-state index contributed by atoms with van der Waals surface area (Å²) < 4.78 is 36.4. The maximum Gasteiger partial charge on any atom is 0.397 e. The van der Waals surface area contributed by atoms with Crippen LogP contribution in [0, 0.1) is 46.3 Å². The molecule has 7 nitrogen and oxygen atoms in total. The molecule has 0 saturated heterocycles. The Labute approximate surface area is 192 Å². The van der Waals surface area contributed by atoms with E-state index in [9.17, 15) is 18.3 Å². The number of carboxylic acid groups (broad SMARTS) is 1. The Morgan fingerprint density at radius 2 is 1.72 bits per heavy atom. The van der Waals surface area contributed by atoms with Crippen molar-refractivity contribution in [1.29, 1.82) is 0 Å². The summed E-state index contributed by atoms with van der Waals surface area (Å²) in [7, 11) is -4.46. The van der Waals surface area contributed by atoms with Gasteiger partial charge in [-0.15, -0.1) is 0 Å². The smallest absolute Gasteiger partial charge is 0.397 e. The van der Waals surface area contributed by atoms with Gasteiger partial charge in [-0.2, -0.15) is 8.42 Å². The van der Waals surface area contributed by atoms with Crippen molar-refractivity contribution in [3.8, 4) is 0 Å². The maximum absolute atomic E-state index is 11.4. The molecule has 0 radical (unpaired) electrons. The summed E-state index contributed by atoms with van der Waals surface area (Å²) in [5, 5.41) is 20.5. The van der Waals surface area contributed by atoms with Gasteiger partial charge in [0, 0.05) is 6.42 Å². The molecule has 4 fully saturated rings. The molecule has 8 heteroatoms. The second kappa shape index (κ2) is 8.51. The number of aliphatic hydroxyl groups is 1. The summed E-state index contributed by atoms with van der Waals surface area (Å²) in [6.07, 6.45) is 7.11. The Morgan fingerprint density at radius 1 is 1.06 bits per heavy atom. The van der Waals surface area contributed by atoms with Crippen LogP contribution in [-0.2, 0) is 19.4 Å². The van der Waals surface area contributed by atoms with Crippen molar-refractivity contribution in [2.45, 2.75) is 97.2 Å². The molecule has 10 atom stereocenters. The highest BCUT2D eigenvalue weighted by Crippen LogP contribution is 2.68. The van der Waals surface area contributed by atoms with E-state index in [-0.39, 0.29) is 29.1 Å². The lowest BCUT2D eigenvalue weighted by Crippen LogP contribution is -2.58. The number of rotatable bonds is 6. The van der Waals surface area contributed by atoms with E-state index in [0.717, 1.165) is 32.1 Å². The van der Waals surface area contributed by atoms with Gasteiger partial charge in [-0.25, -0.2) is 4.18 Å². The van der Waals surface area contributed by atoms with E-state index in [1.807, 2.05) is 0 Å². The molecule has 0 heterocycles. The van der Waals surface area contributed by atoms with Crippen LogP contribution in [0.1, 0.15) is 85.0 Å². The van der Waals surface area contributed by atoms with Gasteiger partial charge >= 0.3 is 16.4 Å². The Balaban J connectivity index is 1.52. The molecule has 0 aromatic carbocycles. The van der Waals surface area contributed by atoms with Gasteiger partial charge in [0.1, 0.15) is 0 Å². The monoisotopic (exact) mass is 472 g/mol. The fourth-order valence-corrected chi connectivity index (χ4v) is 9.49. The van der Waals surface area contributed by atoms with Crippen molar-refractivity contribution in [3.05, 3.63) is 0 Å². The molecule has 0 aromatic heterocycles. The minimum Gasteiger partial charge on any atom is -0.481 e. The third-order valence-electron chi connectivity index (χ3n) is 10.5. The van der Waals surface area contributed by atoms with Crippen molar-refractivity contribution < 1.29 is 32.2 Å². The van der Waals surface area contributed by atoms with Gasteiger partial charge < -0.3 is 10.2 Å². The summed E-state index contributed by atoms with van der Waals surface area (Å²) in [4.78, 5) is 11.1. The van der Waals surface area contributed by atoms with E-state index in [1.165, 1.54) is 0 Å². The quantitative estimate of drug-likeness (QED) is 0.493. The second-order valence-electron chi connectivity index (χ2n) is 11.9. The average molecular weight is 473 g/mol. The van der Waals surface area contributed by atoms with E-state index < -0.39 is 28.6 Å². The fraction of sp³-hybridized carbons (Fsp3) is 0.958.